The van der Waals surface area contributed by atoms with Crippen LogP contribution in [0.3, 0.4) is 0 Å². The Bertz CT molecular complexity index is 2830. The van der Waals surface area contributed by atoms with Crippen molar-refractivity contribution in [3.63, 3.8) is 0 Å². The number of primary amides is 1. The molecule has 0 saturated carbocycles. The number of ether oxygens (including phenoxy) is 1. The number of imide groups is 1. The highest BCUT2D eigenvalue weighted by Crippen LogP contribution is 2.31. The Morgan fingerprint density at radius 1 is 0.872 bits per heavy atom. The summed E-state index contributed by atoms with van der Waals surface area (Å²) >= 11 is 0. The van der Waals surface area contributed by atoms with Gasteiger partial charge in [0.1, 0.15) is 30.3 Å². The number of aliphatic imine (C=N–C) groups is 1. The van der Waals surface area contributed by atoms with Gasteiger partial charge in [0.15, 0.2) is 0 Å². The van der Waals surface area contributed by atoms with Crippen LogP contribution in [-0.4, -0.2) is 124 Å². The first kappa shape index (κ1) is 58.8. The number of hydrogen-bond donors (Lipinski definition) is 7. The third kappa shape index (κ3) is 16.5. The number of urea groups is 1. The number of fused-ring (bicyclic) bond motifs is 2. The van der Waals surface area contributed by atoms with Gasteiger partial charge in [0.05, 0.1) is 29.7 Å². The molecule has 3 aliphatic rings. The van der Waals surface area contributed by atoms with Gasteiger partial charge in [-0.3, -0.25) is 43.4 Å². The SMILES string of the molecule is CCCN(CCC)C(=O)C1=Cc2cc(F)c(C(=O)Nc3cnc4c(c3)CN(C(=O)OCc3ccc(NC(=O)[C@H](CCCNC(N)=O)NC(=O)[C@@H](NC(=O)CCCCCN5C(=O)C=CC5=O)C(C)C)cc3)CC4)cc2N=C(N)C1. The zero-order valence-corrected chi connectivity index (χ0v) is 44.5. The molecule has 0 radical (unpaired) electrons. The third-order valence-electron chi connectivity index (χ3n) is 13.1. The molecule has 0 unspecified atom stereocenters. The zero-order chi connectivity index (χ0) is 56.5. The molecular formula is C55H69FN12O10. The fraction of sp³-hybridized carbons (Fsp3) is 0.436. The number of carbonyl (C=O) groups is 9. The second kappa shape index (κ2) is 28.0. The predicted octanol–water partition coefficient (Wildman–Crippen LogP) is 5.09. The van der Waals surface area contributed by atoms with Crippen molar-refractivity contribution in [1.29, 1.82) is 0 Å². The molecule has 1 aromatic heterocycles. The number of nitrogens with two attached hydrogens (primary N) is 2. The van der Waals surface area contributed by atoms with E-state index in [-0.39, 0.29) is 104 Å². The Kier molecular flexibility index (Phi) is 21.1. The number of rotatable bonds is 25. The summed E-state index contributed by atoms with van der Waals surface area (Å²) in [5.41, 5.74) is 14.7. The number of halogens is 1. The maximum absolute atomic E-state index is 15.6. The largest absolute Gasteiger partial charge is 0.445 e. The highest BCUT2D eigenvalue weighted by Gasteiger charge is 2.30. The molecule has 0 bridgehead atoms. The van der Waals surface area contributed by atoms with Crippen molar-refractivity contribution in [2.24, 2.45) is 22.4 Å². The van der Waals surface area contributed by atoms with Crippen molar-refractivity contribution in [3.05, 3.63) is 100 Å². The molecule has 3 aliphatic heterocycles. The Morgan fingerprint density at radius 2 is 1.59 bits per heavy atom. The van der Waals surface area contributed by atoms with Crippen LogP contribution in [0, 0.1) is 11.7 Å². The van der Waals surface area contributed by atoms with E-state index in [1.54, 1.807) is 55.2 Å². The van der Waals surface area contributed by atoms with Crippen molar-refractivity contribution in [2.75, 3.05) is 43.4 Å². The summed E-state index contributed by atoms with van der Waals surface area (Å²) in [6.45, 7) is 9.30. The van der Waals surface area contributed by atoms with Crippen molar-refractivity contribution in [3.8, 4) is 0 Å². The first-order chi connectivity index (χ1) is 37.3. The molecule has 3 aromatic rings. The lowest BCUT2D eigenvalue weighted by molar-refractivity contribution is -0.137. The van der Waals surface area contributed by atoms with Crippen LogP contribution in [0.25, 0.3) is 6.08 Å². The van der Waals surface area contributed by atoms with Gasteiger partial charge in [0.2, 0.25) is 23.6 Å². The minimum Gasteiger partial charge on any atom is -0.445 e. The van der Waals surface area contributed by atoms with E-state index in [1.807, 2.05) is 13.8 Å². The normalized spacial score (nSPS) is 14.5. The number of nitrogens with one attached hydrogen (secondary N) is 5. The van der Waals surface area contributed by atoms with Crippen LogP contribution >= 0.6 is 0 Å². The van der Waals surface area contributed by atoms with Gasteiger partial charge in [-0.1, -0.05) is 46.2 Å². The number of carbonyl (C=O) groups excluding carboxylic acids is 9. The quantitative estimate of drug-likeness (QED) is 0.0431. The number of pyridine rings is 1. The average Bonchev–Trinajstić information content (AvgIpc) is 3.62. The van der Waals surface area contributed by atoms with Crippen LogP contribution in [0.5, 0.6) is 0 Å². The van der Waals surface area contributed by atoms with Gasteiger partial charge in [-0.15, -0.1) is 0 Å². The minimum atomic E-state index is -1.08. The molecule has 0 fully saturated rings. The van der Waals surface area contributed by atoms with E-state index in [9.17, 15) is 43.2 Å². The van der Waals surface area contributed by atoms with Crippen LogP contribution in [-0.2, 0) is 53.1 Å². The highest BCUT2D eigenvalue weighted by molar-refractivity contribution is 6.13. The smallest absolute Gasteiger partial charge is 0.410 e. The zero-order valence-electron chi connectivity index (χ0n) is 44.5. The van der Waals surface area contributed by atoms with E-state index in [1.165, 1.54) is 29.3 Å². The average molecular weight is 1080 g/mol. The molecule has 6 rings (SSSR count). The van der Waals surface area contributed by atoms with Crippen LogP contribution in [0.2, 0.25) is 0 Å². The van der Waals surface area contributed by atoms with Crippen molar-refractivity contribution in [2.45, 2.75) is 117 Å². The van der Waals surface area contributed by atoms with Gasteiger partial charge in [0.25, 0.3) is 17.7 Å². The summed E-state index contributed by atoms with van der Waals surface area (Å²) in [4.78, 5) is 129. The third-order valence-corrected chi connectivity index (χ3v) is 13.1. The highest BCUT2D eigenvalue weighted by atomic mass is 19.1. The second-order valence-electron chi connectivity index (χ2n) is 19.6. The molecule has 22 nitrogen and oxygen atoms in total. The first-order valence-corrected chi connectivity index (χ1v) is 26.3. The molecule has 9 N–H and O–H groups in total. The standard InChI is InChI=1S/C55H69FN12O10/c1-5-21-66(22-6-2)53(75)36-25-35-27-41(56)40(29-44(35)63-45(57)28-36)50(72)62-39-26-37-31-67(24-19-42(37)60-30-39)55(77)78-32-34-13-15-38(16-14-34)61-51(73)43(11-10-20-59-54(58)76)64-52(74)49(33(3)4)65-46(69)12-8-7-9-23-68-47(70)17-18-48(68)71/h13-18,25-27,29-30,33,43,49H,5-12,19-24,28,31-32H2,1-4H3,(H2,57,63)(H,61,73)(H,62,72)(H,64,74)(H,65,69)(H3,58,59,76)/t43-,49-/m0/s1. The number of nitrogens with zero attached hydrogens (tertiary/aromatic N) is 5. The van der Waals surface area contributed by atoms with Gasteiger partial charge in [-0.2, -0.15) is 0 Å². The number of hydrogen-bond acceptors (Lipinski definition) is 13. The topological polar surface area (TPSA) is 310 Å². The van der Waals surface area contributed by atoms with Crippen LogP contribution in [0.15, 0.2) is 71.4 Å². The van der Waals surface area contributed by atoms with Crippen molar-refractivity contribution >= 4 is 82.4 Å². The summed E-state index contributed by atoms with van der Waals surface area (Å²) in [7, 11) is 0. The van der Waals surface area contributed by atoms with Gasteiger partial charge < -0.3 is 52.6 Å². The van der Waals surface area contributed by atoms with E-state index >= 15 is 4.39 Å². The predicted molar refractivity (Wildman–Crippen MR) is 289 cm³/mol. The van der Waals surface area contributed by atoms with E-state index in [4.69, 9.17) is 16.2 Å². The number of aromatic nitrogens is 1. The Balaban J connectivity index is 1.00. The lowest BCUT2D eigenvalue weighted by Crippen LogP contribution is -2.54. The molecule has 416 valence electrons. The van der Waals surface area contributed by atoms with E-state index in [2.05, 4.69) is 36.6 Å². The Labute approximate surface area is 452 Å². The number of benzene rings is 2. The summed E-state index contributed by atoms with van der Waals surface area (Å²) in [5, 5.41) is 13.5. The van der Waals surface area contributed by atoms with E-state index in [0.29, 0.717) is 79.0 Å². The maximum atomic E-state index is 15.6. The molecule has 2 aromatic carbocycles. The molecule has 23 heteroatoms. The number of anilines is 2. The second-order valence-corrected chi connectivity index (χ2v) is 19.6. The minimum absolute atomic E-state index is 0.0712. The molecule has 4 heterocycles. The van der Waals surface area contributed by atoms with E-state index in [0.717, 1.165) is 23.8 Å². The molecule has 0 aliphatic carbocycles. The Morgan fingerprint density at radius 3 is 2.27 bits per heavy atom. The monoisotopic (exact) mass is 1080 g/mol. The summed E-state index contributed by atoms with van der Waals surface area (Å²) < 4.78 is 21.3. The van der Waals surface area contributed by atoms with Crippen LogP contribution < -0.4 is 38.1 Å². The fourth-order valence-corrected chi connectivity index (χ4v) is 9.00. The molecule has 0 saturated heterocycles. The maximum Gasteiger partial charge on any atom is 0.410 e. The van der Waals surface area contributed by atoms with E-state index < -0.39 is 47.7 Å². The summed E-state index contributed by atoms with van der Waals surface area (Å²) in [6, 6.07) is 7.84. The molecule has 10 amide bonds. The van der Waals surface area contributed by atoms with Crippen LogP contribution in [0.4, 0.5) is 31.0 Å². The van der Waals surface area contributed by atoms with Gasteiger partial charge in [-0.25, -0.2) is 19.0 Å². The van der Waals surface area contributed by atoms with Gasteiger partial charge >= 0.3 is 12.1 Å². The lowest BCUT2D eigenvalue weighted by Gasteiger charge is -2.28. The first-order valence-electron chi connectivity index (χ1n) is 26.3. The van der Waals surface area contributed by atoms with Crippen molar-refractivity contribution < 1.29 is 52.3 Å². The number of amidine groups is 1. The van der Waals surface area contributed by atoms with Gasteiger partial charge in [-0.05, 0) is 92.0 Å². The number of amides is 10. The Hall–Kier alpha value is -8.50. The lowest BCUT2D eigenvalue weighted by atomic mass is 10.0. The molecule has 0 spiro atoms. The summed E-state index contributed by atoms with van der Waals surface area (Å²) in [6.07, 6.45) is 8.91. The summed E-state index contributed by atoms with van der Waals surface area (Å²) in [5.74, 6) is -4.25. The van der Waals surface area contributed by atoms with Crippen LogP contribution in [0.1, 0.15) is 118 Å². The number of unbranched alkanes of at least 4 members (excludes halogenated alkanes) is 2. The molecular weight excluding hydrogens is 1010 g/mol. The molecule has 78 heavy (non-hydrogen) atoms. The van der Waals surface area contributed by atoms with Crippen molar-refractivity contribution in [1.82, 2.24) is 35.6 Å². The fourth-order valence-electron chi connectivity index (χ4n) is 9.00. The van der Waals surface area contributed by atoms with Gasteiger partial charge in [0, 0.05) is 86.7 Å². The molecule has 2 atom stereocenters.